The number of ketones is 1. The van der Waals surface area contributed by atoms with E-state index in [0.717, 1.165) is 19.3 Å². The van der Waals surface area contributed by atoms with Gasteiger partial charge in [-0.3, -0.25) is 14.6 Å². The number of unbranched alkanes of at least 4 members (excludes halogenated alkanes) is 1. The second kappa shape index (κ2) is 10.2. The van der Waals surface area contributed by atoms with Gasteiger partial charge in [0.05, 0.1) is 6.54 Å². The minimum absolute atomic E-state index is 0.0113. The second-order valence-corrected chi connectivity index (χ2v) is 4.89. The van der Waals surface area contributed by atoms with Crippen molar-refractivity contribution < 1.29 is 9.59 Å². The van der Waals surface area contributed by atoms with E-state index in [1.54, 1.807) is 4.90 Å². The number of nitrogens with two attached hydrogens (primary N) is 2. The number of aliphatic imine (C=N–C) groups is 1. The smallest absolute Gasteiger partial charge is 0.219 e. The molecule has 0 aliphatic rings. The van der Waals surface area contributed by atoms with Crippen molar-refractivity contribution in [1.29, 1.82) is 0 Å². The first kappa shape index (κ1) is 18.4. The molecule has 0 aliphatic heterocycles. The van der Waals surface area contributed by atoms with Crippen molar-refractivity contribution in [2.75, 3.05) is 26.7 Å². The van der Waals surface area contributed by atoms with Crippen LogP contribution in [0.5, 0.6) is 0 Å². The summed E-state index contributed by atoms with van der Waals surface area (Å²) in [5, 5.41) is 3.17. The van der Waals surface area contributed by atoms with Crippen molar-refractivity contribution in [2.24, 2.45) is 16.5 Å². The number of nitrogens with zero attached hydrogens (tertiary/aromatic N) is 2. The summed E-state index contributed by atoms with van der Waals surface area (Å²) in [4.78, 5) is 28.1. The van der Waals surface area contributed by atoms with Crippen LogP contribution in [-0.2, 0) is 9.59 Å². The van der Waals surface area contributed by atoms with E-state index in [9.17, 15) is 9.59 Å². The molecule has 116 valence electrons. The molecule has 7 heteroatoms. The molecule has 0 heterocycles. The molecular weight excluding hydrogens is 258 g/mol. The summed E-state index contributed by atoms with van der Waals surface area (Å²) in [6.07, 6.45) is 2.75. The number of nitrogens with one attached hydrogen (secondary N) is 1. The molecule has 0 radical (unpaired) electrons. The largest absolute Gasteiger partial charge is 0.370 e. The van der Waals surface area contributed by atoms with Crippen LogP contribution >= 0.6 is 0 Å². The Hall–Kier alpha value is -1.63. The molecule has 0 aromatic heterocycles. The van der Waals surface area contributed by atoms with Crippen molar-refractivity contribution in [2.45, 2.75) is 39.2 Å². The highest BCUT2D eigenvalue weighted by molar-refractivity contribution is 5.83. The number of amides is 1. The van der Waals surface area contributed by atoms with Crippen molar-refractivity contribution in [3.63, 3.8) is 0 Å². The molecule has 0 rings (SSSR count). The maximum Gasteiger partial charge on any atom is 0.219 e. The van der Waals surface area contributed by atoms with E-state index in [1.165, 1.54) is 13.8 Å². The summed E-state index contributed by atoms with van der Waals surface area (Å²) in [6.45, 7) is 4.28. The first-order chi connectivity index (χ1) is 9.36. The molecule has 20 heavy (non-hydrogen) atoms. The van der Waals surface area contributed by atoms with Crippen LogP contribution in [0.1, 0.15) is 33.1 Å². The number of carbonyl (C=O) groups is 2. The Labute approximate surface area is 120 Å². The number of rotatable bonds is 10. The SMILES string of the molecule is CN[C@@H](CCCCN=C(N)N)CN(CC(C)=O)C(C)=O. The van der Waals surface area contributed by atoms with Gasteiger partial charge in [0, 0.05) is 26.1 Å². The van der Waals surface area contributed by atoms with Gasteiger partial charge in [0.25, 0.3) is 0 Å². The average molecular weight is 285 g/mol. The molecule has 0 fully saturated rings. The van der Waals surface area contributed by atoms with E-state index in [-0.39, 0.29) is 30.2 Å². The molecule has 7 nitrogen and oxygen atoms in total. The molecule has 0 aliphatic carbocycles. The van der Waals surface area contributed by atoms with Crippen LogP contribution in [0, 0.1) is 0 Å². The van der Waals surface area contributed by atoms with Gasteiger partial charge in [0.2, 0.25) is 5.91 Å². The Morgan fingerprint density at radius 1 is 1.25 bits per heavy atom. The maximum absolute atomic E-state index is 11.5. The first-order valence-corrected chi connectivity index (χ1v) is 6.84. The number of hydrogen-bond acceptors (Lipinski definition) is 4. The Balaban J connectivity index is 4.14. The number of hydrogen-bond donors (Lipinski definition) is 3. The zero-order valence-electron chi connectivity index (χ0n) is 12.7. The molecule has 0 saturated heterocycles. The standard InChI is InChI=1S/C13H27N5O2/c1-10(19)8-18(11(2)20)9-12(16-3)6-4-5-7-17-13(14)15/h12,16H,4-9H2,1-3H3,(H4,14,15,17)/t12-/m0/s1. The lowest BCUT2D eigenvalue weighted by molar-refractivity contribution is -0.133. The topological polar surface area (TPSA) is 114 Å². The van der Waals surface area contributed by atoms with Crippen molar-refractivity contribution >= 4 is 17.6 Å². The van der Waals surface area contributed by atoms with Gasteiger partial charge in [0.15, 0.2) is 5.96 Å². The zero-order chi connectivity index (χ0) is 15.5. The molecular formula is C13H27N5O2. The van der Waals surface area contributed by atoms with Gasteiger partial charge in [-0.2, -0.15) is 0 Å². The molecule has 0 aromatic carbocycles. The fourth-order valence-electron chi connectivity index (χ4n) is 1.88. The van der Waals surface area contributed by atoms with Crippen LogP contribution in [0.4, 0.5) is 0 Å². The third kappa shape index (κ3) is 9.32. The van der Waals surface area contributed by atoms with Crippen molar-refractivity contribution in [1.82, 2.24) is 10.2 Å². The van der Waals surface area contributed by atoms with E-state index < -0.39 is 0 Å². The number of Topliss-reactive ketones (excluding diaryl/α,β-unsaturated/α-hetero) is 1. The van der Waals surface area contributed by atoms with Gasteiger partial charge in [-0.05, 0) is 33.2 Å². The lowest BCUT2D eigenvalue weighted by Crippen LogP contribution is -2.43. The summed E-state index contributed by atoms with van der Waals surface area (Å²) in [5.41, 5.74) is 10.5. The molecule has 5 N–H and O–H groups in total. The van der Waals surface area contributed by atoms with E-state index in [1.807, 2.05) is 7.05 Å². The second-order valence-electron chi connectivity index (χ2n) is 4.89. The third-order valence-corrected chi connectivity index (χ3v) is 2.96. The quantitative estimate of drug-likeness (QED) is 0.283. The minimum atomic E-state index is -0.0824. The summed E-state index contributed by atoms with van der Waals surface area (Å²) in [7, 11) is 1.85. The van der Waals surface area contributed by atoms with Gasteiger partial charge < -0.3 is 21.7 Å². The number of likely N-dealkylation sites (N-methyl/N-ethyl adjacent to an activating group) is 1. The number of carbonyl (C=O) groups excluding carboxylic acids is 2. The lowest BCUT2D eigenvalue weighted by Gasteiger charge is -2.25. The van der Waals surface area contributed by atoms with Crippen LogP contribution in [-0.4, -0.2) is 55.3 Å². The van der Waals surface area contributed by atoms with Gasteiger partial charge in [-0.1, -0.05) is 0 Å². The van der Waals surface area contributed by atoms with E-state index in [0.29, 0.717) is 13.1 Å². The highest BCUT2D eigenvalue weighted by Crippen LogP contribution is 2.04. The third-order valence-electron chi connectivity index (χ3n) is 2.96. The molecule has 0 spiro atoms. The van der Waals surface area contributed by atoms with Gasteiger partial charge in [-0.15, -0.1) is 0 Å². The van der Waals surface area contributed by atoms with E-state index >= 15 is 0 Å². The highest BCUT2D eigenvalue weighted by atomic mass is 16.2. The minimum Gasteiger partial charge on any atom is -0.370 e. The Morgan fingerprint density at radius 3 is 2.35 bits per heavy atom. The van der Waals surface area contributed by atoms with Crippen LogP contribution in [0.25, 0.3) is 0 Å². The predicted molar refractivity (Wildman–Crippen MR) is 80.3 cm³/mol. The Kier molecular flexibility index (Phi) is 9.36. The summed E-state index contributed by atoms with van der Waals surface area (Å²) in [6, 6.07) is 0.164. The summed E-state index contributed by atoms with van der Waals surface area (Å²) >= 11 is 0. The maximum atomic E-state index is 11.5. The zero-order valence-corrected chi connectivity index (χ0v) is 12.7. The fourth-order valence-corrected chi connectivity index (χ4v) is 1.88. The van der Waals surface area contributed by atoms with E-state index in [2.05, 4.69) is 10.3 Å². The molecule has 1 amide bonds. The van der Waals surface area contributed by atoms with Crippen LogP contribution in [0.15, 0.2) is 4.99 Å². The molecule has 0 unspecified atom stereocenters. The molecule has 0 bridgehead atoms. The molecule has 1 atom stereocenters. The van der Waals surface area contributed by atoms with Gasteiger partial charge in [0.1, 0.15) is 5.78 Å². The monoisotopic (exact) mass is 285 g/mol. The fraction of sp³-hybridized carbons (Fsp3) is 0.769. The predicted octanol–water partition coefficient (Wildman–Crippen LogP) is -0.544. The Bertz CT molecular complexity index is 340. The lowest BCUT2D eigenvalue weighted by atomic mass is 10.1. The molecule has 0 saturated carbocycles. The Morgan fingerprint density at radius 2 is 1.90 bits per heavy atom. The normalized spacial score (nSPS) is 11.8. The van der Waals surface area contributed by atoms with Crippen LogP contribution in [0.2, 0.25) is 0 Å². The van der Waals surface area contributed by atoms with Gasteiger partial charge in [-0.25, -0.2) is 0 Å². The first-order valence-electron chi connectivity index (χ1n) is 6.84. The van der Waals surface area contributed by atoms with Crippen LogP contribution < -0.4 is 16.8 Å². The molecule has 0 aromatic rings. The highest BCUT2D eigenvalue weighted by Gasteiger charge is 2.16. The van der Waals surface area contributed by atoms with Crippen molar-refractivity contribution in [3.8, 4) is 0 Å². The van der Waals surface area contributed by atoms with E-state index in [4.69, 9.17) is 11.5 Å². The average Bonchev–Trinajstić information content (AvgIpc) is 2.34. The van der Waals surface area contributed by atoms with Gasteiger partial charge >= 0.3 is 0 Å². The van der Waals surface area contributed by atoms with Crippen molar-refractivity contribution in [3.05, 3.63) is 0 Å². The summed E-state index contributed by atoms with van der Waals surface area (Å²) in [5.74, 6) is 0.0168. The summed E-state index contributed by atoms with van der Waals surface area (Å²) < 4.78 is 0. The number of guanidine groups is 1. The van der Waals surface area contributed by atoms with Crippen LogP contribution in [0.3, 0.4) is 0 Å².